The Kier molecular flexibility index (Phi) is 8.97. The number of carbonyl (C=O) groups is 2. The normalized spacial score (nSPS) is 16.5. The predicted octanol–water partition coefficient (Wildman–Crippen LogP) is 2.11. The Bertz CT molecular complexity index is 405. The SMILES string of the molecule is CC(C)(C)C(=O)OC(CSSCC(N)C(=O)O)C(N)C(C)(C)C. The minimum Gasteiger partial charge on any atom is -0.480 e. The summed E-state index contributed by atoms with van der Waals surface area (Å²) in [4.78, 5) is 22.8. The molecule has 3 unspecified atom stereocenters. The van der Waals surface area contributed by atoms with E-state index < -0.39 is 23.5 Å². The summed E-state index contributed by atoms with van der Waals surface area (Å²) in [5, 5.41) is 8.76. The summed E-state index contributed by atoms with van der Waals surface area (Å²) in [7, 11) is 2.76. The van der Waals surface area contributed by atoms with Crippen molar-refractivity contribution in [1.29, 1.82) is 0 Å². The van der Waals surface area contributed by atoms with Crippen LogP contribution in [-0.4, -0.2) is 46.7 Å². The van der Waals surface area contributed by atoms with E-state index in [-0.39, 0.29) is 23.2 Å². The lowest BCUT2D eigenvalue weighted by atomic mass is 9.84. The maximum absolute atomic E-state index is 12.1. The Morgan fingerprint density at radius 2 is 1.52 bits per heavy atom. The third-order valence-corrected chi connectivity index (χ3v) is 5.59. The number of carbonyl (C=O) groups excluding carboxylic acids is 1. The fourth-order valence-corrected chi connectivity index (χ4v) is 3.70. The molecule has 0 aromatic rings. The van der Waals surface area contributed by atoms with Crippen molar-refractivity contribution in [1.82, 2.24) is 0 Å². The highest BCUT2D eigenvalue weighted by Crippen LogP contribution is 2.30. The molecule has 0 aromatic carbocycles. The van der Waals surface area contributed by atoms with Crippen LogP contribution in [-0.2, 0) is 14.3 Å². The van der Waals surface area contributed by atoms with Crippen molar-refractivity contribution in [3.63, 3.8) is 0 Å². The lowest BCUT2D eigenvalue weighted by Gasteiger charge is -2.34. The summed E-state index contributed by atoms with van der Waals surface area (Å²) in [6.45, 7) is 11.4. The van der Waals surface area contributed by atoms with Crippen LogP contribution in [0.4, 0.5) is 0 Å². The summed E-state index contributed by atoms with van der Waals surface area (Å²) in [6.07, 6.45) is -0.444. The van der Waals surface area contributed by atoms with E-state index in [0.717, 1.165) is 0 Å². The van der Waals surface area contributed by atoms with Crippen LogP contribution in [0.15, 0.2) is 0 Å². The minimum absolute atomic E-state index is 0.217. The molecule has 0 aromatic heterocycles. The van der Waals surface area contributed by atoms with Crippen molar-refractivity contribution in [3.8, 4) is 0 Å². The van der Waals surface area contributed by atoms with E-state index in [1.54, 1.807) is 20.8 Å². The van der Waals surface area contributed by atoms with E-state index in [9.17, 15) is 9.59 Å². The summed E-state index contributed by atoms with van der Waals surface area (Å²) in [5.74, 6) is -0.558. The topological polar surface area (TPSA) is 116 Å². The number of carboxylic acids is 1. The van der Waals surface area contributed by atoms with E-state index in [1.165, 1.54) is 21.6 Å². The first-order valence-corrected chi connectivity index (χ1v) is 9.95. The Hall–Kier alpha value is -0.440. The molecule has 0 amide bonds. The summed E-state index contributed by atoms with van der Waals surface area (Å²) >= 11 is 0. The number of rotatable bonds is 8. The number of ether oxygens (including phenoxy) is 1. The average molecular weight is 367 g/mol. The molecule has 0 fully saturated rings. The molecular weight excluding hydrogens is 336 g/mol. The van der Waals surface area contributed by atoms with Gasteiger partial charge in [-0.15, -0.1) is 0 Å². The smallest absolute Gasteiger partial charge is 0.321 e. The van der Waals surface area contributed by atoms with Gasteiger partial charge in [-0.1, -0.05) is 42.4 Å². The second-order valence-electron chi connectivity index (χ2n) is 7.60. The first kappa shape index (κ1) is 22.6. The van der Waals surface area contributed by atoms with Gasteiger partial charge in [-0.2, -0.15) is 0 Å². The maximum Gasteiger partial charge on any atom is 0.321 e. The van der Waals surface area contributed by atoms with Gasteiger partial charge < -0.3 is 21.3 Å². The van der Waals surface area contributed by atoms with Crippen molar-refractivity contribution in [2.45, 2.75) is 59.7 Å². The van der Waals surface area contributed by atoms with Crippen LogP contribution in [0.5, 0.6) is 0 Å². The van der Waals surface area contributed by atoms with Gasteiger partial charge in [0.1, 0.15) is 12.1 Å². The molecular formula is C15H30N2O4S2. The van der Waals surface area contributed by atoms with Crippen LogP contribution in [0.1, 0.15) is 41.5 Å². The highest BCUT2D eigenvalue weighted by molar-refractivity contribution is 8.76. The zero-order valence-electron chi connectivity index (χ0n) is 14.8. The van der Waals surface area contributed by atoms with Crippen LogP contribution < -0.4 is 11.5 Å². The average Bonchev–Trinajstić information content (AvgIpc) is 2.38. The molecule has 8 heteroatoms. The van der Waals surface area contributed by atoms with Gasteiger partial charge >= 0.3 is 11.9 Å². The van der Waals surface area contributed by atoms with E-state index in [4.69, 9.17) is 21.3 Å². The molecule has 5 N–H and O–H groups in total. The van der Waals surface area contributed by atoms with E-state index in [1.807, 2.05) is 20.8 Å². The molecule has 0 heterocycles. The van der Waals surface area contributed by atoms with Gasteiger partial charge in [-0.3, -0.25) is 9.59 Å². The van der Waals surface area contributed by atoms with E-state index >= 15 is 0 Å². The Morgan fingerprint density at radius 1 is 1.04 bits per heavy atom. The van der Waals surface area contributed by atoms with E-state index in [2.05, 4.69) is 0 Å². The molecule has 0 radical (unpaired) electrons. The van der Waals surface area contributed by atoms with Gasteiger partial charge in [-0.25, -0.2) is 0 Å². The third kappa shape index (κ3) is 8.83. The van der Waals surface area contributed by atoms with Gasteiger partial charge in [0.25, 0.3) is 0 Å². The van der Waals surface area contributed by atoms with Crippen molar-refractivity contribution < 1.29 is 19.4 Å². The monoisotopic (exact) mass is 366 g/mol. The summed E-state index contributed by atoms with van der Waals surface area (Å²) in [6, 6.07) is -1.23. The standard InChI is InChI=1S/C15H30N2O4S2/c1-14(2,3)11(17)10(21-13(20)15(4,5)6)8-23-22-7-9(16)12(18)19/h9-11H,7-8,16-17H2,1-6H3,(H,18,19). The Morgan fingerprint density at radius 3 is 1.91 bits per heavy atom. The van der Waals surface area contributed by atoms with Gasteiger partial charge in [0.05, 0.1) is 5.41 Å². The van der Waals surface area contributed by atoms with Crippen LogP contribution >= 0.6 is 21.6 Å². The van der Waals surface area contributed by atoms with Gasteiger partial charge in [0.15, 0.2) is 0 Å². The van der Waals surface area contributed by atoms with Crippen LogP contribution in [0, 0.1) is 10.8 Å². The van der Waals surface area contributed by atoms with Gasteiger partial charge in [-0.05, 0) is 26.2 Å². The predicted molar refractivity (Wildman–Crippen MR) is 97.3 cm³/mol. The summed E-state index contributed by atoms with van der Waals surface area (Å²) < 4.78 is 5.61. The number of hydrogen-bond donors (Lipinski definition) is 3. The fraction of sp³-hybridized carbons (Fsp3) is 0.867. The zero-order valence-corrected chi connectivity index (χ0v) is 16.4. The second kappa shape index (κ2) is 9.15. The van der Waals surface area contributed by atoms with Crippen LogP contribution in [0.2, 0.25) is 0 Å². The lowest BCUT2D eigenvalue weighted by Crippen LogP contribution is -2.49. The van der Waals surface area contributed by atoms with Crippen LogP contribution in [0.3, 0.4) is 0 Å². The highest BCUT2D eigenvalue weighted by Gasteiger charge is 2.34. The van der Waals surface area contributed by atoms with Gasteiger partial charge in [0, 0.05) is 17.5 Å². The molecule has 0 rings (SSSR count). The molecule has 0 aliphatic rings. The number of esters is 1. The first-order valence-electron chi connectivity index (χ1n) is 7.46. The lowest BCUT2D eigenvalue weighted by molar-refractivity contribution is -0.159. The maximum atomic E-state index is 12.1. The molecule has 3 atom stereocenters. The van der Waals surface area contributed by atoms with Crippen LogP contribution in [0.25, 0.3) is 0 Å². The molecule has 0 aliphatic carbocycles. The fourth-order valence-electron chi connectivity index (χ4n) is 1.39. The summed E-state index contributed by atoms with van der Waals surface area (Å²) in [5.41, 5.74) is 10.9. The largest absolute Gasteiger partial charge is 0.480 e. The molecule has 136 valence electrons. The quantitative estimate of drug-likeness (QED) is 0.340. The number of hydrogen-bond acceptors (Lipinski definition) is 7. The molecule has 6 nitrogen and oxygen atoms in total. The highest BCUT2D eigenvalue weighted by atomic mass is 33.1. The van der Waals surface area contributed by atoms with Crippen molar-refractivity contribution in [2.24, 2.45) is 22.3 Å². The Balaban J connectivity index is 4.69. The molecule has 0 spiro atoms. The second-order valence-corrected chi connectivity index (χ2v) is 10.2. The van der Waals surface area contributed by atoms with Crippen molar-refractivity contribution in [2.75, 3.05) is 11.5 Å². The number of carboxylic acid groups (broad SMARTS) is 1. The first-order chi connectivity index (χ1) is 10.3. The molecule has 0 aliphatic heterocycles. The molecule has 23 heavy (non-hydrogen) atoms. The van der Waals surface area contributed by atoms with Crippen molar-refractivity contribution >= 4 is 33.5 Å². The third-order valence-electron chi connectivity index (χ3n) is 3.15. The Labute approximate surface area is 146 Å². The van der Waals surface area contributed by atoms with E-state index in [0.29, 0.717) is 5.75 Å². The minimum atomic E-state index is -1.03. The zero-order chi connectivity index (χ0) is 18.4. The molecule has 0 saturated heterocycles. The van der Waals surface area contributed by atoms with Gasteiger partial charge in [0.2, 0.25) is 0 Å². The van der Waals surface area contributed by atoms with Crippen molar-refractivity contribution in [3.05, 3.63) is 0 Å². The number of aliphatic carboxylic acids is 1. The number of nitrogens with two attached hydrogens (primary N) is 2. The molecule has 0 bridgehead atoms. The molecule has 0 saturated carbocycles.